The monoisotopic (exact) mass is 386 g/mol. The first-order valence-electron chi connectivity index (χ1n) is 7.76. The lowest BCUT2D eigenvalue weighted by Crippen LogP contribution is -2.51. The highest BCUT2D eigenvalue weighted by Gasteiger charge is 2.48. The van der Waals surface area contributed by atoms with Gasteiger partial charge in [-0.15, -0.1) is 4.28 Å². The van der Waals surface area contributed by atoms with E-state index in [-0.39, 0.29) is 18.8 Å². The smallest absolute Gasteiger partial charge is 0.337 e. The Balaban J connectivity index is 1.63. The Bertz CT molecular complexity index is 851. The van der Waals surface area contributed by atoms with Gasteiger partial charge in [-0.25, -0.2) is 9.78 Å². The first-order valence-corrected chi connectivity index (χ1v) is 9.12. The fraction of sp³-hybridized carbons (Fsp3) is 0.538. The number of piperidine rings is 1. The van der Waals surface area contributed by atoms with E-state index in [1.165, 1.54) is 4.90 Å². The molecular weight excluding hydrogens is 368 g/mol. The van der Waals surface area contributed by atoms with Crippen LogP contribution in [0.4, 0.5) is 4.79 Å². The van der Waals surface area contributed by atoms with Crippen LogP contribution in [-0.2, 0) is 32.9 Å². The van der Waals surface area contributed by atoms with Crippen LogP contribution in [0.1, 0.15) is 18.5 Å². The third kappa shape index (κ3) is 3.68. The van der Waals surface area contributed by atoms with Gasteiger partial charge in [0.2, 0.25) is 5.91 Å². The van der Waals surface area contributed by atoms with Crippen LogP contribution in [0, 0.1) is 5.41 Å². The maximum absolute atomic E-state index is 12.3. The lowest BCUT2D eigenvalue weighted by Gasteiger charge is -2.30. The van der Waals surface area contributed by atoms with Crippen LogP contribution in [0.5, 0.6) is 0 Å². The van der Waals surface area contributed by atoms with Crippen molar-refractivity contribution in [3.05, 3.63) is 18.2 Å². The number of rotatable bonds is 5. The predicted molar refractivity (Wildman–Crippen MR) is 86.2 cm³/mol. The number of hydrogen-bond acceptors (Lipinski definition) is 7. The van der Waals surface area contributed by atoms with Crippen LogP contribution in [0.15, 0.2) is 12.5 Å². The molecule has 0 saturated carbocycles. The summed E-state index contributed by atoms with van der Waals surface area (Å²) in [6.07, 6.45) is 3.85. The SMILES string of the molecule is Cn1cncc1CC(=O)NC(=N)C1CCC2CN1C(=O)N2OS(=O)(=O)O. The Labute approximate surface area is 149 Å². The molecule has 2 aliphatic rings. The quantitative estimate of drug-likeness (QED) is 0.335. The van der Waals surface area contributed by atoms with E-state index >= 15 is 0 Å². The zero-order valence-electron chi connectivity index (χ0n) is 13.8. The molecule has 0 aliphatic carbocycles. The highest BCUT2D eigenvalue weighted by molar-refractivity contribution is 7.80. The second-order valence-electron chi connectivity index (χ2n) is 6.14. The fourth-order valence-corrected chi connectivity index (χ4v) is 3.52. The summed E-state index contributed by atoms with van der Waals surface area (Å²) in [6.45, 7) is 0.138. The molecule has 1 aromatic heterocycles. The zero-order chi connectivity index (χ0) is 19.1. The molecule has 3 rings (SSSR count). The van der Waals surface area contributed by atoms with E-state index in [0.717, 1.165) is 0 Å². The molecule has 1 aromatic rings. The van der Waals surface area contributed by atoms with Crippen LogP contribution in [0.2, 0.25) is 0 Å². The number of carbonyl (C=O) groups is 2. The number of amides is 3. The minimum absolute atomic E-state index is 0.0279. The Morgan fingerprint density at radius 1 is 1.50 bits per heavy atom. The van der Waals surface area contributed by atoms with E-state index in [1.54, 1.807) is 24.1 Å². The number of aryl methyl sites for hydroxylation is 1. The summed E-state index contributed by atoms with van der Waals surface area (Å²) in [6, 6.07) is -2.02. The Hall–Kier alpha value is -2.51. The van der Waals surface area contributed by atoms with Crippen molar-refractivity contribution < 1.29 is 26.8 Å². The van der Waals surface area contributed by atoms with Crippen LogP contribution in [0.25, 0.3) is 0 Å². The third-order valence-electron chi connectivity index (χ3n) is 4.36. The number of amidine groups is 1. The predicted octanol–water partition coefficient (Wildman–Crippen LogP) is -0.941. The summed E-state index contributed by atoms with van der Waals surface area (Å²) in [7, 11) is -3.08. The molecule has 0 aromatic carbocycles. The second-order valence-corrected chi connectivity index (χ2v) is 7.15. The van der Waals surface area contributed by atoms with Crippen molar-refractivity contribution in [2.24, 2.45) is 7.05 Å². The van der Waals surface area contributed by atoms with Crippen molar-refractivity contribution in [1.82, 2.24) is 24.8 Å². The van der Waals surface area contributed by atoms with Crippen LogP contribution >= 0.6 is 0 Å². The summed E-state index contributed by atoms with van der Waals surface area (Å²) in [5.41, 5.74) is 0.670. The molecule has 3 heterocycles. The summed E-state index contributed by atoms with van der Waals surface area (Å²) < 4.78 is 36.5. The van der Waals surface area contributed by atoms with Crippen molar-refractivity contribution in [2.45, 2.75) is 31.3 Å². The topological polar surface area (TPSA) is 158 Å². The standard InChI is InChI=1S/C13H18N6O6S/c1-17-7-15-5-9(17)4-11(20)16-12(14)10-3-2-8-6-18(10)13(21)19(8)25-26(22,23)24/h5,7-8,10H,2-4,6H2,1H3,(H2,14,16,20)(H,22,23,24). The number of nitrogens with one attached hydrogen (secondary N) is 2. The molecule has 3 N–H and O–H groups in total. The average Bonchev–Trinajstić information content (AvgIpc) is 3.03. The lowest BCUT2D eigenvalue weighted by atomic mass is 10.00. The second kappa shape index (κ2) is 6.66. The van der Waals surface area contributed by atoms with Gasteiger partial charge >= 0.3 is 16.4 Å². The summed E-state index contributed by atoms with van der Waals surface area (Å²) in [4.78, 5) is 29.6. The summed E-state index contributed by atoms with van der Waals surface area (Å²) in [5, 5.41) is 11.2. The largest absolute Gasteiger partial charge is 0.418 e. The molecule has 2 fully saturated rings. The van der Waals surface area contributed by atoms with Crippen molar-refractivity contribution in [3.8, 4) is 0 Å². The van der Waals surface area contributed by atoms with Gasteiger partial charge in [0, 0.05) is 25.5 Å². The molecule has 2 saturated heterocycles. The van der Waals surface area contributed by atoms with Crippen molar-refractivity contribution in [3.63, 3.8) is 0 Å². The highest BCUT2D eigenvalue weighted by atomic mass is 32.3. The van der Waals surface area contributed by atoms with Gasteiger partial charge in [0.25, 0.3) is 0 Å². The number of aromatic nitrogens is 2. The van der Waals surface area contributed by atoms with Gasteiger partial charge in [0.05, 0.1) is 24.8 Å². The van der Waals surface area contributed by atoms with Crippen LogP contribution < -0.4 is 5.32 Å². The minimum Gasteiger partial charge on any atom is -0.337 e. The molecular formula is C13H18N6O6S. The highest BCUT2D eigenvalue weighted by Crippen LogP contribution is 2.30. The molecule has 26 heavy (non-hydrogen) atoms. The third-order valence-corrected chi connectivity index (χ3v) is 4.71. The average molecular weight is 386 g/mol. The number of fused-ring (bicyclic) bond motifs is 2. The number of imidazole rings is 1. The molecule has 12 nitrogen and oxygen atoms in total. The van der Waals surface area contributed by atoms with E-state index < -0.39 is 34.4 Å². The molecule has 2 aliphatic heterocycles. The number of hydroxylamine groups is 2. The maximum Gasteiger partial charge on any atom is 0.418 e. The molecule has 0 radical (unpaired) electrons. The molecule has 142 valence electrons. The van der Waals surface area contributed by atoms with Gasteiger partial charge in [-0.2, -0.15) is 13.5 Å². The van der Waals surface area contributed by atoms with Crippen molar-refractivity contribution in [1.29, 1.82) is 5.41 Å². The Kier molecular flexibility index (Phi) is 4.68. The van der Waals surface area contributed by atoms with E-state index in [2.05, 4.69) is 14.6 Å². The van der Waals surface area contributed by atoms with Gasteiger partial charge in [0.15, 0.2) is 0 Å². The van der Waals surface area contributed by atoms with Gasteiger partial charge in [0.1, 0.15) is 5.84 Å². The van der Waals surface area contributed by atoms with E-state index in [0.29, 0.717) is 23.6 Å². The molecule has 2 atom stereocenters. The fourth-order valence-electron chi connectivity index (χ4n) is 3.13. The zero-order valence-corrected chi connectivity index (χ0v) is 14.6. The van der Waals surface area contributed by atoms with Crippen molar-refractivity contribution in [2.75, 3.05) is 6.54 Å². The van der Waals surface area contributed by atoms with Gasteiger partial charge < -0.3 is 14.8 Å². The molecule has 0 spiro atoms. The maximum atomic E-state index is 12.3. The van der Waals surface area contributed by atoms with Gasteiger partial charge in [-0.1, -0.05) is 0 Å². The van der Waals surface area contributed by atoms with Gasteiger partial charge in [-0.05, 0) is 12.8 Å². The molecule has 2 bridgehead atoms. The first kappa shape index (κ1) is 18.3. The number of nitrogens with zero attached hydrogens (tertiary/aromatic N) is 4. The summed E-state index contributed by atoms with van der Waals surface area (Å²) >= 11 is 0. The molecule has 13 heteroatoms. The number of carbonyl (C=O) groups excluding carboxylic acids is 2. The van der Waals surface area contributed by atoms with E-state index in [4.69, 9.17) is 9.96 Å². The lowest BCUT2D eigenvalue weighted by molar-refractivity contribution is -0.119. The van der Waals surface area contributed by atoms with Crippen molar-refractivity contribution >= 4 is 28.2 Å². The Morgan fingerprint density at radius 3 is 2.85 bits per heavy atom. The number of urea groups is 1. The molecule has 2 unspecified atom stereocenters. The Morgan fingerprint density at radius 2 is 2.23 bits per heavy atom. The summed E-state index contributed by atoms with van der Waals surface area (Å²) in [5.74, 6) is -0.573. The van der Waals surface area contributed by atoms with E-state index in [1.807, 2.05) is 0 Å². The van der Waals surface area contributed by atoms with E-state index in [9.17, 15) is 18.0 Å². The van der Waals surface area contributed by atoms with Crippen LogP contribution in [0.3, 0.4) is 0 Å². The van der Waals surface area contributed by atoms with Crippen LogP contribution in [-0.4, -0.2) is 68.9 Å². The number of hydrogen-bond donors (Lipinski definition) is 3. The first-order chi connectivity index (χ1) is 12.2. The minimum atomic E-state index is -4.82. The normalized spacial score (nSPS) is 22.6. The molecule has 3 amide bonds. The van der Waals surface area contributed by atoms with Gasteiger partial charge in [-0.3, -0.25) is 14.8 Å².